The second-order valence-electron chi connectivity index (χ2n) is 6.06. The first-order valence-electron chi connectivity index (χ1n) is 7.91. The normalized spacial score (nSPS) is 16.2. The number of nitrogens with zero attached hydrogens (tertiary/aromatic N) is 1. The summed E-state index contributed by atoms with van der Waals surface area (Å²) in [4.78, 5) is 25.6. The molecule has 1 heterocycles. The van der Waals surface area contributed by atoms with Gasteiger partial charge in [-0.2, -0.15) is 0 Å². The molecule has 1 unspecified atom stereocenters. The molecule has 1 aliphatic heterocycles. The van der Waals surface area contributed by atoms with Crippen LogP contribution in [0, 0.1) is 5.92 Å². The predicted octanol–water partition coefficient (Wildman–Crippen LogP) is 2.15. The third-order valence-corrected chi connectivity index (χ3v) is 4.07. The average molecular weight is 356 g/mol. The summed E-state index contributed by atoms with van der Waals surface area (Å²) in [6, 6.07) is 5.06. The van der Waals surface area contributed by atoms with Crippen molar-refractivity contribution >= 4 is 29.9 Å². The van der Waals surface area contributed by atoms with Gasteiger partial charge < -0.3 is 20.3 Å². The van der Waals surface area contributed by atoms with Gasteiger partial charge in [-0.1, -0.05) is 0 Å². The van der Waals surface area contributed by atoms with Crippen LogP contribution in [0.25, 0.3) is 0 Å². The highest BCUT2D eigenvalue weighted by molar-refractivity contribution is 5.97. The highest BCUT2D eigenvalue weighted by atomic mass is 35.5. The topological polar surface area (TPSA) is 70.7 Å². The first kappa shape index (κ1) is 20.3. The van der Waals surface area contributed by atoms with Crippen molar-refractivity contribution in [1.82, 2.24) is 10.2 Å². The van der Waals surface area contributed by atoms with Crippen LogP contribution in [-0.2, 0) is 4.79 Å². The fraction of sp³-hybridized carbons (Fsp3) is 0.529. The van der Waals surface area contributed by atoms with Crippen molar-refractivity contribution in [3.8, 4) is 5.75 Å². The predicted molar refractivity (Wildman–Crippen MR) is 97.1 cm³/mol. The lowest BCUT2D eigenvalue weighted by Gasteiger charge is -2.14. The number of amides is 2. The number of hydrogen-bond donors (Lipinski definition) is 2. The molecule has 0 aromatic heterocycles. The number of ether oxygens (including phenoxy) is 1. The number of halogens is 1. The van der Waals surface area contributed by atoms with Crippen LogP contribution in [0.1, 0.15) is 29.6 Å². The zero-order valence-electron chi connectivity index (χ0n) is 14.4. The van der Waals surface area contributed by atoms with Crippen LogP contribution >= 0.6 is 12.4 Å². The summed E-state index contributed by atoms with van der Waals surface area (Å²) in [6.07, 6.45) is 2.52. The lowest BCUT2D eigenvalue weighted by Crippen LogP contribution is -2.22. The molecule has 1 aliphatic rings. The number of carbonyl (C=O) groups excluding carboxylic acids is 2. The largest absolute Gasteiger partial charge is 0.495 e. The van der Waals surface area contributed by atoms with Gasteiger partial charge in [0.25, 0.3) is 5.91 Å². The van der Waals surface area contributed by atoms with E-state index in [9.17, 15) is 9.59 Å². The van der Waals surface area contributed by atoms with E-state index in [4.69, 9.17) is 4.74 Å². The Morgan fingerprint density at radius 2 is 2.12 bits per heavy atom. The number of nitrogens with one attached hydrogen (secondary N) is 2. The van der Waals surface area contributed by atoms with Gasteiger partial charge in [-0.3, -0.25) is 9.59 Å². The number of carbonyl (C=O) groups is 2. The Labute approximate surface area is 149 Å². The molecule has 2 amide bonds. The van der Waals surface area contributed by atoms with Gasteiger partial charge >= 0.3 is 0 Å². The minimum Gasteiger partial charge on any atom is -0.495 e. The molecule has 2 N–H and O–H groups in total. The minimum atomic E-state index is -0.102. The Morgan fingerprint density at radius 3 is 2.71 bits per heavy atom. The van der Waals surface area contributed by atoms with Crippen LogP contribution in [0.2, 0.25) is 0 Å². The Morgan fingerprint density at radius 1 is 1.38 bits per heavy atom. The van der Waals surface area contributed by atoms with Gasteiger partial charge in [0.15, 0.2) is 0 Å². The van der Waals surface area contributed by atoms with Crippen LogP contribution in [-0.4, -0.2) is 51.0 Å². The molecule has 0 radical (unpaired) electrons. The summed E-state index contributed by atoms with van der Waals surface area (Å²) < 4.78 is 5.30. The molecule has 6 nitrogen and oxygen atoms in total. The third kappa shape index (κ3) is 5.39. The molecule has 7 heteroatoms. The summed E-state index contributed by atoms with van der Waals surface area (Å²) in [5, 5.41) is 6.17. The van der Waals surface area contributed by atoms with Crippen molar-refractivity contribution in [2.24, 2.45) is 5.92 Å². The average Bonchev–Trinajstić information content (AvgIpc) is 3.06. The molecular formula is C17H26ClN3O3. The molecule has 1 atom stereocenters. The second-order valence-corrected chi connectivity index (χ2v) is 6.06. The summed E-state index contributed by atoms with van der Waals surface area (Å²) in [5.74, 6) is 0.952. The highest BCUT2D eigenvalue weighted by Crippen LogP contribution is 2.26. The number of rotatable bonds is 6. The number of methoxy groups -OCH3 is 1. The summed E-state index contributed by atoms with van der Waals surface area (Å²) in [7, 11) is 4.92. The molecule has 0 aliphatic carbocycles. The Balaban J connectivity index is 0.00000288. The van der Waals surface area contributed by atoms with Crippen molar-refractivity contribution in [2.45, 2.75) is 19.3 Å². The SMILES string of the molecule is COc1cc(C(=O)N(C)C)ccc1NC(=O)CCC1CCNC1.Cl. The monoisotopic (exact) mass is 355 g/mol. The van der Waals surface area contributed by atoms with Crippen LogP contribution in [0.4, 0.5) is 5.69 Å². The van der Waals surface area contributed by atoms with E-state index in [1.165, 1.54) is 12.0 Å². The lowest BCUT2D eigenvalue weighted by molar-refractivity contribution is -0.116. The van der Waals surface area contributed by atoms with Crippen LogP contribution in [0.3, 0.4) is 0 Å². The molecule has 2 rings (SSSR count). The van der Waals surface area contributed by atoms with E-state index in [0.29, 0.717) is 29.3 Å². The minimum absolute atomic E-state index is 0. The number of benzene rings is 1. The zero-order valence-corrected chi connectivity index (χ0v) is 15.2. The summed E-state index contributed by atoms with van der Waals surface area (Å²) in [6.45, 7) is 2.04. The van der Waals surface area contributed by atoms with E-state index in [1.807, 2.05) is 0 Å². The standard InChI is InChI=1S/C17H25N3O3.ClH/c1-20(2)17(22)13-5-6-14(15(10-13)23-3)19-16(21)7-4-12-8-9-18-11-12;/h5-6,10,12,18H,4,7-9,11H2,1-3H3,(H,19,21);1H. The maximum atomic E-state index is 12.1. The van der Waals surface area contributed by atoms with Gasteiger partial charge in [-0.05, 0) is 50.0 Å². The molecule has 0 spiro atoms. The highest BCUT2D eigenvalue weighted by Gasteiger charge is 2.17. The van der Waals surface area contributed by atoms with Crippen molar-refractivity contribution in [1.29, 1.82) is 0 Å². The first-order valence-corrected chi connectivity index (χ1v) is 7.91. The van der Waals surface area contributed by atoms with Gasteiger partial charge in [-0.15, -0.1) is 12.4 Å². The van der Waals surface area contributed by atoms with Crippen molar-refractivity contribution in [2.75, 3.05) is 39.6 Å². The molecule has 1 aromatic carbocycles. The fourth-order valence-electron chi connectivity index (χ4n) is 2.69. The quantitative estimate of drug-likeness (QED) is 0.820. The molecule has 1 saturated heterocycles. The number of hydrogen-bond acceptors (Lipinski definition) is 4. The van der Waals surface area contributed by atoms with E-state index < -0.39 is 0 Å². The van der Waals surface area contributed by atoms with Gasteiger partial charge in [0.2, 0.25) is 5.91 Å². The molecule has 0 bridgehead atoms. The van der Waals surface area contributed by atoms with Gasteiger partial charge in [0, 0.05) is 26.1 Å². The van der Waals surface area contributed by atoms with Gasteiger partial charge in [-0.25, -0.2) is 0 Å². The van der Waals surface area contributed by atoms with E-state index >= 15 is 0 Å². The molecule has 24 heavy (non-hydrogen) atoms. The van der Waals surface area contributed by atoms with E-state index in [1.54, 1.807) is 32.3 Å². The molecule has 1 aromatic rings. The van der Waals surface area contributed by atoms with E-state index in [0.717, 1.165) is 25.9 Å². The molecule has 0 saturated carbocycles. The summed E-state index contributed by atoms with van der Waals surface area (Å²) in [5.41, 5.74) is 1.12. The maximum Gasteiger partial charge on any atom is 0.253 e. The van der Waals surface area contributed by atoms with Crippen molar-refractivity contribution in [3.63, 3.8) is 0 Å². The molecule has 1 fully saturated rings. The smallest absolute Gasteiger partial charge is 0.253 e. The Bertz CT molecular complexity index is 572. The van der Waals surface area contributed by atoms with Crippen LogP contribution in [0.15, 0.2) is 18.2 Å². The number of anilines is 1. The van der Waals surface area contributed by atoms with Gasteiger partial charge in [0.1, 0.15) is 5.75 Å². The van der Waals surface area contributed by atoms with Crippen molar-refractivity contribution < 1.29 is 14.3 Å². The van der Waals surface area contributed by atoms with E-state index in [2.05, 4.69) is 10.6 Å². The Hall–Kier alpha value is -1.79. The Kier molecular flexibility index (Phi) is 8.01. The third-order valence-electron chi connectivity index (χ3n) is 4.07. The molecular weight excluding hydrogens is 330 g/mol. The first-order chi connectivity index (χ1) is 11.0. The van der Waals surface area contributed by atoms with E-state index in [-0.39, 0.29) is 24.2 Å². The zero-order chi connectivity index (χ0) is 16.8. The van der Waals surface area contributed by atoms with Gasteiger partial charge in [0.05, 0.1) is 12.8 Å². The fourth-order valence-corrected chi connectivity index (χ4v) is 2.69. The molecule has 134 valence electrons. The summed E-state index contributed by atoms with van der Waals surface area (Å²) >= 11 is 0. The maximum absolute atomic E-state index is 12.1. The van der Waals surface area contributed by atoms with Crippen molar-refractivity contribution in [3.05, 3.63) is 23.8 Å². The van der Waals surface area contributed by atoms with Crippen LogP contribution < -0.4 is 15.4 Å². The lowest BCUT2D eigenvalue weighted by atomic mass is 10.0. The van der Waals surface area contributed by atoms with Crippen LogP contribution in [0.5, 0.6) is 5.75 Å². The second kappa shape index (κ2) is 9.49.